The lowest BCUT2D eigenvalue weighted by Crippen LogP contribution is -2.05. The molecule has 2 heterocycles. The lowest BCUT2D eigenvalue weighted by atomic mass is 10.0. The molecule has 5 nitrogen and oxygen atoms in total. The van der Waals surface area contributed by atoms with E-state index in [1.165, 1.54) is 33.2 Å². The van der Waals surface area contributed by atoms with E-state index in [0.717, 1.165) is 51.6 Å². The van der Waals surface area contributed by atoms with E-state index in [2.05, 4.69) is 136 Å². The molecule has 0 saturated carbocycles. The van der Waals surface area contributed by atoms with Crippen molar-refractivity contribution in [1.29, 1.82) is 0 Å². The lowest BCUT2D eigenvalue weighted by Gasteiger charge is -2.14. The minimum absolute atomic E-state index is 0.517. The quantitative estimate of drug-likeness (QED) is 0.126. The van der Waals surface area contributed by atoms with Gasteiger partial charge in [-0.15, -0.1) is 0 Å². The van der Waals surface area contributed by atoms with Gasteiger partial charge in [0.1, 0.15) is 0 Å². The molecule has 0 radical (unpaired) electrons. The Morgan fingerprint density at radius 1 is 0.569 bits per heavy atom. The van der Waals surface area contributed by atoms with Gasteiger partial charge in [0.05, 0.1) is 23.1 Å². The molecule has 244 valence electrons. The molecule has 6 aromatic carbocycles. The highest BCUT2D eigenvalue weighted by Gasteiger charge is 2.21. The molecule has 0 N–H and O–H groups in total. The fraction of sp³-hybridized carbons (Fsp3) is 0.0652. The van der Waals surface area contributed by atoms with Crippen LogP contribution in [0.3, 0.4) is 0 Å². The summed E-state index contributed by atoms with van der Waals surface area (Å²) in [5.74, 6) is 1.15. The second kappa shape index (κ2) is 13.0. The zero-order chi connectivity index (χ0) is 34.1. The van der Waals surface area contributed by atoms with Crippen LogP contribution in [0.4, 0.5) is 0 Å². The maximum Gasteiger partial charge on any atom is 0.161 e. The number of benzene rings is 6. The van der Waals surface area contributed by atoms with Crippen molar-refractivity contribution in [2.75, 3.05) is 0 Å². The molecule has 0 saturated heterocycles. The van der Waals surface area contributed by atoms with E-state index in [4.69, 9.17) is 9.98 Å². The SMILES string of the molecule is C=NC(=NC(=NCc1ccccc1)c1ccccc1)c1ccc2c(c1)c1ccccc1n2-c1ccc2c3c(n(-c4ccccc4)c2c1)CCC=C3. The first-order chi connectivity index (χ1) is 25.3. The van der Waals surface area contributed by atoms with Crippen molar-refractivity contribution in [1.82, 2.24) is 9.13 Å². The third-order valence-electron chi connectivity index (χ3n) is 9.78. The molecule has 1 aliphatic carbocycles. The van der Waals surface area contributed by atoms with Crippen LogP contribution in [0, 0.1) is 0 Å². The smallest absolute Gasteiger partial charge is 0.161 e. The van der Waals surface area contributed by atoms with Crippen LogP contribution in [0.1, 0.15) is 34.4 Å². The van der Waals surface area contributed by atoms with E-state index in [1.54, 1.807) is 0 Å². The monoisotopic (exact) mass is 657 g/mol. The molecule has 0 spiro atoms. The molecule has 0 atom stereocenters. The molecule has 0 unspecified atom stereocenters. The van der Waals surface area contributed by atoms with Crippen LogP contribution in [0.5, 0.6) is 0 Å². The van der Waals surface area contributed by atoms with Crippen LogP contribution in [0.25, 0.3) is 50.2 Å². The number of rotatable bonds is 6. The van der Waals surface area contributed by atoms with Crippen LogP contribution >= 0.6 is 0 Å². The van der Waals surface area contributed by atoms with Gasteiger partial charge in [0.25, 0.3) is 0 Å². The van der Waals surface area contributed by atoms with E-state index >= 15 is 0 Å². The van der Waals surface area contributed by atoms with Crippen molar-refractivity contribution in [3.05, 3.63) is 186 Å². The number of nitrogens with zero attached hydrogens (tertiary/aromatic N) is 5. The van der Waals surface area contributed by atoms with Gasteiger partial charge in [-0.25, -0.2) is 9.98 Å². The van der Waals surface area contributed by atoms with E-state index in [9.17, 15) is 0 Å². The minimum atomic E-state index is 0.517. The summed E-state index contributed by atoms with van der Waals surface area (Å²) in [7, 11) is 0. The Bertz CT molecular complexity index is 2660. The van der Waals surface area contributed by atoms with E-state index in [-0.39, 0.29) is 0 Å². The normalized spacial score (nSPS) is 13.3. The number of hydrogen-bond donors (Lipinski definition) is 0. The highest BCUT2D eigenvalue weighted by Crippen LogP contribution is 2.38. The first-order valence-electron chi connectivity index (χ1n) is 17.4. The van der Waals surface area contributed by atoms with E-state index < -0.39 is 0 Å². The van der Waals surface area contributed by atoms with Gasteiger partial charge in [-0.2, -0.15) is 0 Å². The fourth-order valence-corrected chi connectivity index (χ4v) is 7.43. The van der Waals surface area contributed by atoms with Gasteiger partial charge in [0.2, 0.25) is 0 Å². The number of allylic oxidation sites excluding steroid dienone is 1. The Labute approximate surface area is 296 Å². The average Bonchev–Trinajstić information content (AvgIpc) is 3.71. The van der Waals surface area contributed by atoms with Crippen molar-refractivity contribution < 1.29 is 0 Å². The molecular weight excluding hydrogens is 623 g/mol. The summed E-state index contributed by atoms with van der Waals surface area (Å²) in [5, 5.41) is 3.57. The van der Waals surface area contributed by atoms with Gasteiger partial charge >= 0.3 is 0 Å². The fourth-order valence-electron chi connectivity index (χ4n) is 7.43. The number of hydrogen-bond acceptors (Lipinski definition) is 1. The third-order valence-corrected chi connectivity index (χ3v) is 9.78. The molecule has 51 heavy (non-hydrogen) atoms. The molecule has 9 rings (SSSR count). The Hall–Kier alpha value is -6.59. The Morgan fingerprint density at radius 3 is 2.10 bits per heavy atom. The molecular formula is C46H35N5. The predicted molar refractivity (Wildman–Crippen MR) is 214 cm³/mol. The summed E-state index contributed by atoms with van der Waals surface area (Å²) < 4.78 is 4.83. The van der Waals surface area contributed by atoms with Crippen LogP contribution in [0.15, 0.2) is 173 Å². The largest absolute Gasteiger partial charge is 0.313 e. The minimum Gasteiger partial charge on any atom is -0.313 e. The summed E-state index contributed by atoms with van der Waals surface area (Å²) in [6.45, 7) is 4.46. The first-order valence-corrected chi connectivity index (χ1v) is 17.4. The zero-order valence-corrected chi connectivity index (χ0v) is 28.2. The van der Waals surface area contributed by atoms with Gasteiger partial charge in [-0.05, 0) is 73.7 Å². The molecule has 0 aliphatic heterocycles. The first kappa shape index (κ1) is 30.5. The number of aromatic nitrogens is 2. The lowest BCUT2D eigenvalue weighted by molar-refractivity contribution is 0.888. The van der Waals surface area contributed by atoms with Gasteiger partial charge < -0.3 is 9.13 Å². The number of para-hydroxylation sites is 2. The maximum absolute atomic E-state index is 5.03. The molecule has 1 aliphatic rings. The molecule has 2 aromatic heterocycles. The second-order valence-electron chi connectivity index (χ2n) is 12.8. The standard InChI is InChI=1S/C46H35N5/c1-47-45(49-46(33-17-7-3-8-18-33)48-31-32-15-5-2-6-16-32)34-25-28-43-40(29-34)38-22-12-14-24-42(38)51(43)36-26-27-39-37-21-11-13-23-41(37)50(44(39)30-36)35-19-9-4-10-20-35/h2-12,14-22,24-30H,1,13,23,31H2. The summed E-state index contributed by atoms with van der Waals surface area (Å²) in [6, 6.07) is 53.0. The van der Waals surface area contributed by atoms with E-state index in [1.807, 2.05) is 48.5 Å². The second-order valence-corrected chi connectivity index (χ2v) is 12.8. The molecule has 5 heteroatoms. The van der Waals surface area contributed by atoms with Crippen molar-refractivity contribution in [2.45, 2.75) is 19.4 Å². The number of amidine groups is 2. The Balaban J connectivity index is 1.19. The van der Waals surface area contributed by atoms with Crippen LogP contribution < -0.4 is 0 Å². The summed E-state index contributed by atoms with van der Waals surface area (Å²) in [4.78, 5) is 14.4. The highest BCUT2D eigenvalue weighted by molar-refractivity contribution is 6.16. The van der Waals surface area contributed by atoms with Gasteiger partial charge in [0, 0.05) is 49.9 Å². The van der Waals surface area contributed by atoms with Crippen molar-refractivity contribution >= 4 is 57.2 Å². The number of aliphatic imine (C=N–C) groups is 3. The van der Waals surface area contributed by atoms with Gasteiger partial charge in [0.15, 0.2) is 11.7 Å². The van der Waals surface area contributed by atoms with Crippen LogP contribution in [0.2, 0.25) is 0 Å². The summed E-state index contributed by atoms with van der Waals surface area (Å²) in [6.07, 6.45) is 6.66. The van der Waals surface area contributed by atoms with Gasteiger partial charge in [-0.3, -0.25) is 4.99 Å². The van der Waals surface area contributed by atoms with Crippen molar-refractivity contribution in [3.63, 3.8) is 0 Å². The van der Waals surface area contributed by atoms with E-state index in [0.29, 0.717) is 18.2 Å². The Morgan fingerprint density at radius 2 is 1.29 bits per heavy atom. The zero-order valence-electron chi connectivity index (χ0n) is 28.2. The van der Waals surface area contributed by atoms with Gasteiger partial charge in [-0.1, -0.05) is 115 Å². The maximum atomic E-state index is 5.03. The van der Waals surface area contributed by atoms with Crippen molar-refractivity contribution in [3.8, 4) is 11.4 Å². The average molecular weight is 658 g/mol. The molecule has 0 bridgehead atoms. The van der Waals surface area contributed by atoms with Crippen LogP contribution in [-0.2, 0) is 13.0 Å². The molecule has 8 aromatic rings. The topological polar surface area (TPSA) is 46.9 Å². The third kappa shape index (κ3) is 5.49. The van der Waals surface area contributed by atoms with Crippen LogP contribution in [-0.4, -0.2) is 27.5 Å². The summed E-state index contributed by atoms with van der Waals surface area (Å²) in [5.41, 5.74) is 11.4. The number of fused-ring (bicyclic) bond motifs is 6. The highest BCUT2D eigenvalue weighted by atomic mass is 15.0. The molecule has 0 fully saturated rings. The Kier molecular flexibility index (Phi) is 7.78. The predicted octanol–water partition coefficient (Wildman–Crippen LogP) is 10.8. The van der Waals surface area contributed by atoms with Crippen molar-refractivity contribution in [2.24, 2.45) is 15.0 Å². The molecule has 0 amide bonds. The summed E-state index contributed by atoms with van der Waals surface area (Å²) >= 11 is 0.